The summed E-state index contributed by atoms with van der Waals surface area (Å²) >= 11 is 7.31. The number of nitrogens with zero attached hydrogens (tertiary/aromatic N) is 1. The summed E-state index contributed by atoms with van der Waals surface area (Å²) in [4.78, 5) is 28.4. The molecule has 0 aliphatic rings. The van der Waals surface area contributed by atoms with Crippen LogP contribution in [0.5, 0.6) is 0 Å². The van der Waals surface area contributed by atoms with Gasteiger partial charge in [-0.3, -0.25) is 9.59 Å². The fraction of sp³-hybridized carbons (Fsp3) is 0.353. The Labute approximate surface area is 156 Å². The number of nitrogens with one attached hydrogen (secondary N) is 3. The molecule has 0 saturated carbocycles. The van der Waals surface area contributed by atoms with Crippen molar-refractivity contribution in [1.82, 2.24) is 15.6 Å². The van der Waals surface area contributed by atoms with Crippen LogP contribution in [0, 0.1) is 6.92 Å². The second-order valence-corrected chi connectivity index (χ2v) is 7.28. The molecule has 0 aliphatic carbocycles. The lowest BCUT2D eigenvalue weighted by Gasteiger charge is -2.15. The molecule has 0 radical (unpaired) electrons. The van der Waals surface area contributed by atoms with Gasteiger partial charge in [0.05, 0.1) is 0 Å². The molecule has 0 saturated heterocycles. The van der Waals surface area contributed by atoms with Crippen LogP contribution in [0.2, 0.25) is 5.02 Å². The second-order valence-electron chi connectivity index (χ2n) is 5.98. The van der Waals surface area contributed by atoms with Crippen molar-refractivity contribution in [2.45, 2.75) is 39.8 Å². The van der Waals surface area contributed by atoms with Gasteiger partial charge in [0.15, 0.2) is 5.13 Å². The summed E-state index contributed by atoms with van der Waals surface area (Å²) in [7, 11) is 0. The number of anilines is 2. The molecule has 3 N–H and O–H groups in total. The lowest BCUT2D eigenvalue weighted by Crippen LogP contribution is -2.46. The Bertz CT molecular complexity index is 776. The molecule has 6 nitrogen and oxygen atoms in total. The van der Waals surface area contributed by atoms with E-state index < -0.39 is 11.9 Å². The van der Waals surface area contributed by atoms with Crippen LogP contribution in [0.15, 0.2) is 23.6 Å². The number of benzene rings is 1. The van der Waals surface area contributed by atoms with Gasteiger partial charge in [-0.15, -0.1) is 11.3 Å². The number of hydrogen-bond donors (Lipinski definition) is 3. The Morgan fingerprint density at radius 1 is 1.20 bits per heavy atom. The predicted octanol–water partition coefficient (Wildman–Crippen LogP) is 3.49. The molecule has 1 unspecified atom stereocenters. The smallest absolute Gasteiger partial charge is 0.271 e. The van der Waals surface area contributed by atoms with Crippen LogP contribution < -0.4 is 16.0 Å². The molecule has 0 spiro atoms. The van der Waals surface area contributed by atoms with Crippen molar-refractivity contribution < 1.29 is 9.59 Å². The number of aromatic nitrogens is 1. The van der Waals surface area contributed by atoms with Gasteiger partial charge in [-0.2, -0.15) is 0 Å². The molecule has 1 aromatic carbocycles. The van der Waals surface area contributed by atoms with Gasteiger partial charge in [-0.25, -0.2) is 4.98 Å². The van der Waals surface area contributed by atoms with Gasteiger partial charge >= 0.3 is 0 Å². The number of amides is 2. The van der Waals surface area contributed by atoms with E-state index in [1.807, 2.05) is 32.9 Å². The van der Waals surface area contributed by atoms with Crippen LogP contribution >= 0.6 is 22.9 Å². The molecule has 134 valence electrons. The normalized spacial score (nSPS) is 11.9. The zero-order chi connectivity index (χ0) is 18.6. The fourth-order valence-corrected chi connectivity index (χ4v) is 2.90. The van der Waals surface area contributed by atoms with E-state index in [9.17, 15) is 9.59 Å². The van der Waals surface area contributed by atoms with E-state index in [1.165, 1.54) is 11.3 Å². The van der Waals surface area contributed by atoms with Crippen molar-refractivity contribution >= 4 is 45.6 Å². The fourth-order valence-electron chi connectivity index (χ4n) is 2.03. The van der Waals surface area contributed by atoms with Crippen LogP contribution in [0.4, 0.5) is 10.8 Å². The summed E-state index contributed by atoms with van der Waals surface area (Å²) in [5.74, 6) is -0.620. The molecular formula is C17H21ClN4O2S. The zero-order valence-corrected chi connectivity index (χ0v) is 16.1. The van der Waals surface area contributed by atoms with E-state index >= 15 is 0 Å². The van der Waals surface area contributed by atoms with Crippen molar-refractivity contribution in [3.63, 3.8) is 0 Å². The summed E-state index contributed by atoms with van der Waals surface area (Å²) in [6, 6.07) is 4.90. The minimum absolute atomic E-state index is 0.0165. The van der Waals surface area contributed by atoms with E-state index in [0.29, 0.717) is 10.2 Å². The molecule has 2 amide bonds. The van der Waals surface area contributed by atoms with Gasteiger partial charge in [-0.1, -0.05) is 17.7 Å². The van der Waals surface area contributed by atoms with Crippen LogP contribution in [0.1, 0.15) is 36.8 Å². The largest absolute Gasteiger partial charge is 0.352 e. The molecule has 1 aromatic heterocycles. The van der Waals surface area contributed by atoms with Gasteiger partial charge in [0.2, 0.25) is 5.91 Å². The number of aryl methyl sites for hydroxylation is 1. The highest BCUT2D eigenvalue weighted by molar-refractivity contribution is 7.14. The molecule has 0 bridgehead atoms. The Hall–Kier alpha value is -2.12. The summed E-state index contributed by atoms with van der Waals surface area (Å²) in [5, 5.41) is 11.4. The Kier molecular flexibility index (Phi) is 6.39. The topological polar surface area (TPSA) is 83.1 Å². The lowest BCUT2D eigenvalue weighted by molar-refractivity contribution is -0.123. The Balaban J connectivity index is 2.01. The average Bonchev–Trinajstić information content (AvgIpc) is 2.99. The molecule has 2 rings (SSSR count). The van der Waals surface area contributed by atoms with E-state index in [-0.39, 0.29) is 17.6 Å². The quantitative estimate of drug-likeness (QED) is 0.716. The molecule has 8 heteroatoms. The zero-order valence-electron chi connectivity index (χ0n) is 14.5. The van der Waals surface area contributed by atoms with Gasteiger partial charge in [0.1, 0.15) is 11.7 Å². The molecule has 0 fully saturated rings. The third kappa shape index (κ3) is 5.44. The third-order valence-electron chi connectivity index (χ3n) is 3.35. The Morgan fingerprint density at radius 3 is 2.60 bits per heavy atom. The van der Waals surface area contributed by atoms with E-state index in [0.717, 1.165) is 11.3 Å². The van der Waals surface area contributed by atoms with Crippen molar-refractivity contribution in [1.29, 1.82) is 0 Å². The predicted molar refractivity (Wildman–Crippen MR) is 102 cm³/mol. The lowest BCUT2D eigenvalue weighted by atomic mass is 10.2. The SMILES string of the molecule is Cc1ccc(Cl)cc1Nc1nc(C(=O)NC(C)C(=O)NC(C)C)cs1. The van der Waals surface area contributed by atoms with Crippen LogP contribution in [0.3, 0.4) is 0 Å². The monoisotopic (exact) mass is 380 g/mol. The summed E-state index contributed by atoms with van der Waals surface area (Å²) in [5.41, 5.74) is 2.11. The standard InChI is InChI=1S/C17H21ClN4O2S/c1-9(2)19-15(23)11(4)20-16(24)14-8-25-17(22-14)21-13-7-12(18)6-5-10(13)3/h5-9,11H,1-4H3,(H,19,23)(H,20,24)(H,21,22). The van der Waals surface area contributed by atoms with E-state index in [4.69, 9.17) is 11.6 Å². The number of hydrogen-bond acceptors (Lipinski definition) is 5. The van der Waals surface area contributed by atoms with Crippen LogP contribution in [-0.4, -0.2) is 28.9 Å². The summed E-state index contributed by atoms with van der Waals surface area (Å²) in [6.45, 7) is 7.32. The molecule has 0 aliphatic heterocycles. The van der Waals surface area contributed by atoms with Crippen molar-refractivity contribution in [3.8, 4) is 0 Å². The number of rotatable bonds is 6. The number of thiazole rings is 1. The number of carbonyl (C=O) groups is 2. The first-order chi connectivity index (χ1) is 11.8. The summed E-state index contributed by atoms with van der Waals surface area (Å²) < 4.78 is 0. The summed E-state index contributed by atoms with van der Waals surface area (Å²) in [6.07, 6.45) is 0. The highest BCUT2D eigenvalue weighted by Crippen LogP contribution is 2.26. The minimum atomic E-state index is -0.636. The van der Waals surface area contributed by atoms with Crippen LogP contribution in [-0.2, 0) is 4.79 Å². The molecule has 1 atom stereocenters. The minimum Gasteiger partial charge on any atom is -0.352 e. The van der Waals surface area contributed by atoms with Gasteiger partial charge in [-0.05, 0) is 45.4 Å². The third-order valence-corrected chi connectivity index (χ3v) is 4.34. The number of carbonyl (C=O) groups excluding carboxylic acids is 2. The first-order valence-electron chi connectivity index (χ1n) is 7.86. The maximum atomic E-state index is 12.2. The second kappa shape index (κ2) is 8.31. The van der Waals surface area contributed by atoms with Gasteiger partial charge in [0.25, 0.3) is 5.91 Å². The highest BCUT2D eigenvalue weighted by atomic mass is 35.5. The van der Waals surface area contributed by atoms with Crippen molar-refractivity contribution in [2.75, 3.05) is 5.32 Å². The molecule has 2 aromatic rings. The maximum Gasteiger partial charge on any atom is 0.271 e. The first kappa shape index (κ1) is 19.2. The molecule has 1 heterocycles. The first-order valence-corrected chi connectivity index (χ1v) is 9.12. The Morgan fingerprint density at radius 2 is 1.92 bits per heavy atom. The molecular weight excluding hydrogens is 360 g/mol. The molecule has 25 heavy (non-hydrogen) atoms. The average molecular weight is 381 g/mol. The van der Waals surface area contributed by atoms with Crippen LogP contribution in [0.25, 0.3) is 0 Å². The highest BCUT2D eigenvalue weighted by Gasteiger charge is 2.19. The van der Waals surface area contributed by atoms with Crippen molar-refractivity contribution in [3.05, 3.63) is 39.9 Å². The van der Waals surface area contributed by atoms with E-state index in [2.05, 4.69) is 20.9 Å². The van der Waals surface area contributed by atoms with E-state index in [1.54, 1.807) is 18.4 Å². The number of halogens is 1. The van der Waals surface area contributed by atoms with Gasteiger partial charge in [0, 0.05) is 22.1 Å². The van der Waals surface area contributed by atoms with Gasteiger partial charge < -0.3 is 16.0 Å². The van der Waals surface area contributed by atoms with Crippen molar-refractivity contribution in [2.24, 2.45) is 0 Å². The maximum absolute atomic E-state index is 12.2.